The number of ether oxygens (including phenoxy) is 4. The molecule has 1 atom stereocenters. The van der Waals surface area contributed by atoms with Crippen molar-refractivity contribution in [3.05, 3.63) is 0 Å². The molecule has 0 aromatic heterocycles. The second kappa shape index (κ2) is 7.44. The molecule has 0 N–H and O–H groups in total. The molecular formula is C15H23IO6. The molecule has 1 aliphatic carbocycles. The Morgan fingerprint density at radius 3 is 2.59 bits per heavy atom. The van der Waals surface area contributed by atoms with Crippen LogP contribution in [0.5, 0.6) is 0 Å². The molecule has 22 heavy (non-hydrogen) atoms. The first-order chi connectivity index (χ1) is 10.3. The number of halogens is 1. The van der Waals surface area contributed by atoms with Gasteiger partial charge in [-0.05, 0) is 26.7 Å². The van der Waals surface area contributed by atoms with Crippen LogP contribution in [0.25, 0.3) is 0 Å². The summed E-state index contributed by atoms with van der Waals surface area (Å²) in [4.78, 5) is 23.2. The minimum absolute atomic E-state index is 0.0378. The molecule has 1 heterocycles. The lowest BCUT2D eigenvalue weighted by atomic mass is 10.2. The van der Waals surface area contributed by atoms with E-state index in [1.54, 1.807) is 13.8 Å². The van der Waals surface area contributed by atoms with E-state index in [4.69, 9.17) is 18.9 Å². The van der Waals surface area contributed by atoms with Crippen LogP contribution in [-0.2, 0) is 28.5 Å². The summed E-state index contributed by atoms with van der Waals surface area (Å²) >= 11 is 2.00. The summed E-state index contributed by atoms with van der Waals surface area (Å²) in [5.74, 6) is -1.16. The Balaban J connectivity index is 1.59. The molecule has 1 unspecified atom stereocenters. The van der Waals surface area contributed by atoms with Gasteiger partial charge in [-0.25, -0.2) is 0 Å². The predicted molar refractivity (Wildman–Crippen MR) is 86.7 cm³/mol. The van der Waals surface area contributed by atoms with Gasteiger partial charge in [-0.1, -0.05) is 22.6 Å². The number of carbonyl (C=O) groups is 2. The maximum atomic E-state index is 11.6. The average Bonchev–Trinajstić information content (AvgIpc) is 3.06. The van der Waals surface area contributed by atoms with E-state index in [2.05, 4.69) is 0 Å². The highest BCUT2D eigenvalue weighted by atomic mass is 127. The van der Waals surface area contributed by atoms with Gasteiger partial charge in [-0.2, -0.15) is 0 Å². The van der Waals surface area contributed by atoms with Crippen LogP contribution in [-0.4, -0.2) is 47.1 Å². The Hall–Kier alpha value is -0.410. The average molecular weight is 426 g/mol. The molecule has 0 aromatic rings. The van der Waals surface area contributed by atoms with E-state index in [9.17, 15) is 9.59 Å². The summed E-state index contributed by atoms with van der Waals surface area (Å²) in [5.41, 5.74) is 0. The van der Waals surface area contributed by atoms with Crippen molar-refractivity contribution < 1.29 is 28.5 Å². The van der Waals surface area contributed by atoms with Crippen LogP contribution < -0.4 is 0 Å². The zero-order chi connectivity index (χ0) is 16.2. The van der Waals surface area contributed by atoms with Crippen LogP contribution in [0.2, 0.25) is 0 Å². The lowest BCUT2D eigenvalue weighted by Crippen LogP contribution is -2.29. The van der Waals surface area contributed by atoms with Crippen molar-refractivity contribution in [1.29, 1.82) is 0 Å². The maximum absolute atomic E-state index is 11.6. The minimum Gasteiger partial charge on any atom is -0.464 e. The van der Waals surface area contributed by atoms with Crippen LogP contribution in [0, 0.1) is 0 Å². The van der Waals surface area contributed by atoms with Gasteiger partial charge in [0.25, 0.3) is 0 Å². The Kier molecular flexibility index (Phi) is 6.07. The molecule has 126 valence electrons. The molecule has 0 bridgehead atoms. The normalized spacial score (nSPS) is 23.7. The van der Waals surface area contributed by atoms with Crippen molar-refractivity contribution in [2.75, 3.05) is 19.8 Å². The van der Waals surface area contributed by atoms with Crippen molar-refractivity contribution in [2.45, 2.75) is 61.3 Å². The lowest BCUT2D eigenvalue weighted by Gasteiger charge is -2.21. The topological polar surface area (TPSA) is 71.1 Å². The molecule has 2 fully saturated rings. The van der Waals surface area contributed by atoms with Gasteiger partial charge in [0.1, 0.15) is 22.7 Å². The van der Waals surface area contributed by atoms with Crippen LogP contribution in [0.15, 0.2) is 0 Å². The fraction of sp³-hybridized carbons (Fsp3) is 0.867. The highest BCUT2D eigenvalue weighted by molar-refractivity contribution is 14.1. The SMILES string of the molecule is CC(C)(I)C(=O)OCCC(=O)OCC1COC2(CCCC2)O1. The van der Waals surface area contributed by atoms with Gasteiger partial charge in [-0.3, -0.25) is 9.59 Å². The molecule has 0 aromatic carbocycles. The number of hydrogen-bond donors (Lipinski definition) is 0. The molecule has 1 saturated carbocycles. The first-order valence-corrected chi connectivity index (χ1v) is 8.72. The number of rotatable bonds is 6. The van der Waals surface area contributed by atoms with E-state index < -0.39 is 15.2 Å². The van der Waals surface area contributed by atoms with E-state index in [0.29, 0.717) is 6.61 Å². The molecule has 0 amide bonds. The van der Waals surface area contributed by atoms with Gasteiger partial charge in [0.15, 0.2) is 5.79 Å². The Morgan fingerprint density at radius 2 is 1.95 bits per heavy atom. The Morgan fingerprint density at radius 1 is 1.27 bits per heavy atom. The van der Waals surface area contributed by atoms with Gasteiger partial charge >= 0.3 is 11.9 Å². The number of hydrogen-bond acceptors (Lipinski definition) is 6. The zero-order valence-electron chi connectivity index (χ0n) is 13.1. The molecule has 0 radical (unpaired) electrons. The van der Waals surface area contributed by atoms with Gasteiger partial charge in [0.2, 0.25) is 0 Å². The molecule has 6 nitrogen and oxygen atoms in total. The summed E-state index contributed by atoms with van der Waals surface area (Å²) < 4.78 is 21.2. The second-order valence-electron chi connectivity index (χ2n) is 6.21. The molecule has 7 heteroatoms. The number of carbonyl (C=O) groups excluding carboxylic acids is 2. The van der Waals surface area contributed by atoms with Crippen LogP contribution in [0.4, 0.5) is 0 Å². The number of alkyl halides is 1. The third-order valence-corrected chi connectivity index (χ3v) is 4.17. The summed E-state index contributed by atoms with van der Waals surface area (Å²) in [7, 11) is 0. The van der Waals surface area contributed by atoms with Gasteiger partial charge in [0.05, 0.1) is 13.0 Å². The lowest BCUT2D eigenvalue weighted by molar-refractivity contribution is -0.172. The summed E-state index contributed by atoms with van der Waals surface area (Å²) in [6.07, 6.45) is 3.92. The van der Waals surface area contributed by atoms with Crippen LogP contribution >= 0.6 is 22.6 Å². The minimum atomic E-state index is -0.591. The summed E-state index contributed by atoms with van der Waals surface area (Å²) in [6, 6.07) is 0. The van der Waals surface area contributed by atoms with Gasteiger partial charge < -0.3 is 18.9 Å². The Bertz CT molecular complexity index is 411. The first kappa shape index (κ1) is 17.9. The van der Waals surface area contributed by atoms with Crippen molar-refractivity contribution in [3.63, 3.8) is 0 Å². The van der Waals surface area contributed by atoms with E-state index in [0.717, 1.165) is 25.7 Å². The molecule has 1 spiro atoms. The number of esters is 2. The van der Waals surface area contributed by atoms with Gasteiger partial charge in [-0.15, -0.1) is 0 Å². The standard InChI is InChI=1S/C15H23IO6/c1-14(2,16)13(18)19-8-5-12(17)20-9-11-10-21-15(22-11)6-3-4-7-15/h11H,3-10H2,1-2H3. The van der Waals surface area contributed by atoms with Crippen LogP contribution in [0.1, 0.15) is 46.0 Å². The third-order valence-electron chi connectivity index (χ3n) is 3.73. The highest BCUT2D eigenvalue weighted by Gasteiger charge is 2.43. The maximum Gasteiger partial charge on any atom is 0.321 e. The van der Waals surface area contributed by atoms with E-state index >= 15 is 0 Å². The van der Waals surface area contributed by atoms with Gasteiger partial charge in [0, 0.05) is 12.8 Å². The van der Waals surface area contributed by atoms with Crippen molar-refractivity contribution in [3.8, 4) is 0 Å². The molecule has 1 saturated heterocycles. The largest absolute Gasteiger partial charge is 0.464 e. The summed E-state index contributed by atoms with van der Waals surface area (Å²) in [5, 5.41) is 0. The fourth-order valence-electron chi connectivity index (χ4n) is 2.53. The van der Waals surface area contributed by atoms with Crippen LogP contribution in [0.3, 0.4) is 0 Å². The molecule has 1 aliphatic heterocycles. The third kappa shape index (κ3) is 5.06. The predicted octanol–water partition coefficient (Wildman–Crippen LogP) is 2.36. The van der Waals surface area contributed by atoms with Crippen molar-refractivity contribution in [1.82, 2.24) is 0 Å². The molecule has 2 rings (SSSR count). The first-order valence-electron chi connectivity index (χ1n) is 7.64. The Labute approximate surface area is 144 Å². The summed E-state index contributed by atoms with van der Waals surface area (Å²) in [6.45, 7) is 4.20. The highest BCUT2D eigenvalue weighted by Crippen LogP contribution is 2.39. The molecule has 2 aliphatic rings. The van der Waals surface area contributed by atoms with Crippen molar-refractivity contribution >= 4 is 34.5 Å². The van der Waals surface area contributed by atoms with E-state index in [-0.39, 0.29) is 31.7 Å². The molecular weight excluding hydrogens is 403 g/mol. The van der Waals surface area contributed by atoms with E-state index in [1.807, 2.05) is 22.6 Å². The van der Waals surface area contributed by atoms with E-state index in [1.165, 1.54) is 0 Å². The fourth-order valence-corrected chi connectivity index (χ4v) is 2.69. The second-order valence-corrected chi connectivity index (χ2v) is 8.91. The smallest absolute Gasteiger partial charge is 0.321 e. The quantitative estimate of drug-likeness (QED) is 0.369. The van der Waals surface area contributed by atoms with Crippen molar-refractivity contribution in [2.24, 2.45) is 0 Å². The zero-order valence-corrected chi connectivity index (χ0v) is 15.2. The monoisotopic (exact) mass is 426 g/mol.